The van der Waals surface area contributed by atoms with Crippen LogP contribution in [0.1, 0.15) is 25.3 Å². The molecule has 2 rings (SSSR count). The zero-order valence-electron chi connectivity index (χ0n) is 11.6. The maximum absolute atomic E-state index is 9.32. The third-order valence-electron chi connectivity index (χ3n) is 3.76. The van der Waals surface area contributed by atoms with E-state index in [9.17, 15) is 5.26 Å². The molecule has 0 spiro atoms. The molecule has 19 heavy (non-hydrogen) atoms. The molecule has 1 aliphatic heterocycles. The molecule has 1 atom stereocenters. The third kappa shape index (κ3) is 3.29. The summed E-state index contributed by atoms with van der Waals surface area (Å²) >= 11 is 3.52. The summed E-state index contributed by atoms with van der Waals surface area (Å²) in [6.07, 6.45) is 2.24. The molecule has 3 nitrogen and oxygen atoms in total. The van der Waals surface area contributed by atoms with E-state index < -0.39 is 0 Å². The van der Waals surface area contributed by atoms with E-state index in [1.165, 1.54) is 0 Å². The van der Waals surface area contributed by atoms with Crippen molar-refractivity contribution in [3.63, 3.8) is 0 Å². The average molecular weight is 322 g/mol. The molecule has 0 bridgehead atoms. The van der Waals surface area contributed by atoms with E-state index in [4.69, 9.17) is 0 Å². The summed E-state index contributed by atoms with van der Waals surface area (Å²) in [6, 6.07) is 8.72. The van der Waals surface area contributed by atoms with E-state index in [1.54, 1.807) is 0 Å². The first-order valence-corrected chi connectivity index (χ1v) is 7.59. The minimum absolute atomic E-state index is 0.480. The highest BCUT2D eigenvalue weighted by Crippen LogP contribution is 2.28. The fourth-order valence-electron chi connectivity index (χ4n) is 2.75. The Morgan fingerprint density at radius 2 is 2.21 bits per heavy atom. The van der Waals surface area contributed by atoms with Gasteiger partial charge in [0.05, 0.1) is 11.3 Å². The van der Waals surface area contributed by atoms with Gasteiger partial charge < -0.3 is 9.80 Å². The van der Waals surface area contributed by atoms with Crippen LogP contribution in [0.5, 0.6) is 0 Å². The Bertz CT molecular complexity index is 481. The second-order valence-electron chi connectivity index (χ2n) is 5.14. The highest BCUT2D eigenvalue weighted by molar-refractivity contribution is 9.10. The summed E-state index contributed by atoms with van der Waals surface area (Å²) in [7, 11) is 2.18. The summed E-state index contributed by atoms with van der Waals surface area (Å²) in [6.45, 7) is 5.44. The van der Waals surface area contributed by atoms with Crippen molar-refractivity contribution in [3.8, 4) is 6.07 Å². The second kappa shape index (κ2) is 6.40. The molecule has 4 heteroatoms. The first-order chi connectivity index (χ1) is 9.15. The molecule has 1 heterocycles. The number of likely N-dealkylation sites (N-methyl/N-ethyl adjacent to an activating group) is 1. The average Bonchev–Trinajstić information content (AvgIpc) is 2.60. The standard InChI is InChI=1S/C15H20BrN3/c1-3-14-11-18(2)7-4-8-19(14)15-9-13(16)6-5-12(15)10-17/h5-6,9,14H,3-4,7-8,11H2,1-2H3. The fraction of sp³-hybridized carbons (Fsp3) is 0.533. The van der Waals surface area contributed by atoms with Gasteiger partial charge in [0.15, 0.2) is 0 Å². The van der Waals surface area contributed by atoms with Gasteiger partial charge in [-0.2, -0.15) is 5.26 Å². The van der Waals surface area contributed by atoms with Crippen molar-refractivity contribution in [3.05, 3.63) is 28.2 Å². The highest BCUT2D eigenvalue weighted by atomic mass is 79.9. The lowest BCUT2D eigenvalue weighted by molar-refractivity contribution is 0.328. The molecule has 1 aromatic carbocycles. The number of hydrogen-bond donors (Lipinski definition) is 0. The Hall–Kier alpha value is -1.05. The lowest BCUT2D eigenvalue weighted by Gasteiger charge is -2.33. The zero-order chi connectivity index (χ0) is 13.8. The van der Waals surface area contributed by atoms with Crippen molar-refractivity contribution in [2.75, 3.05) is 31.6 Å². The van der Waals surface area contributed by atoms with Crippen molar-refractivity contribution in [2.24, 2.45) is 0 Å². The van der Waals surface area contributed by atoms with Crippen molar-refractivity contribution in [1.29, 1.82) is 5.26 Å². The van der Waals surface area contributed by atoms with Crippen LogP contribution in [0.4, 0.5) is 5.69 Å². The molecule has 0 saturated carbocycles. The molecule has 102 valence electrons. The molecular formula is C15H20BrN3. The molecule has 0 aromatic heterocycles. The molecule has 1 fully saturated rings. The Morgan fingerprint density at radius 3 is 2.89 bits per heavy atom. The normalized spacial score (nSPS) is 20.9. The molecule has 1 aliphatic rings. The van der Waals surface area contributed by atoms with Gasteiger partial charge in [0, 0.05) is 23.6 Å². The van der Waals surface area contributed by atoms with Crippen LogP contribution >= 0.6 is 15.9 Å². The predicted octanol–water partition coefficient (Wildman–Crippen LogP) is 3.24. The van der Waals surface area contributed by atoms with Crippen molar-refractivity contribution >= 4 is 21.6 Å². The molecule has 1 unspecified atom stereocenters. The Kier molecular flexibility index (Phi) is 4.84. The van der Waals surface area contributed by atoms with Gasteiger partial charge in [-0.3, -0.25) is 0 Å². The summed E-state index contributed by atoms with van der Waals surface area (Å²) < 4.78 is 1.04. The monoisotopic (exact) mass is 321 g/mol. The maximum atomic E-state index is 9.32. The van der Waals surface area contributed by atoms with Gasteiger partial charge >= 0.3 is 0 Å². The third-order valence-corrected chi connectivity index (χ3v) is 4.26. The van der Waals surface area contributed by atoms with Crippen LogP contribution in [-0.4, -0.2) is 37.6 Å². The molecule has 1 aromatic rings. The van der Waals surface area contributed by atoms with E-state index >= 15 is 0 Å². The largest absolute Gasteiger partial charge is 0.366 e. The van der Waals surface area contributed by atoms with E-state index in [0.29, 0.717) is 6.04 Å². The second-order valence-corrected chi connectivity index (χ2v) is 6.06. The number of hydrogen-bond acceptors (Lipinski definition) is 3. The quantitative estimate of drug-likeness (QED) is 0.837. The number of anilines is 1. The molecule has 0 amide bonds. The number of rotatable bonds is 2. The minimum atomic E-state index is 0.480. The van der Waals surface area contributed by atoms with Gasteiger partial charge in [-0.1, -0.05) is 22.9 Å². The topological polar surface area (TPSA) is 30.3 Å². The first kappa shape index (κ1) is 14.4. The van der Waals surface area contributed by atoms with Gasteiger partial charge in [0.1, 0.15) is 6.07 Å². The summed E-state index contributed by atoms with van der Waals surface area (Å²) in [5.41, 5.74) is 1.84. The Morgan fingerprint density at radius 1 is 1.42 bits per heavy atom. The van der Waals surface area contributed by atoms with Crippen molar-refractivity contribution in [1.82, 2.24) is 4.90 Å². The van der Waals surface area contributed by atoms with E-state index in [-0.39, 0.29) is 0 Å². The Labute approximate surface area is 123 Å². The van der Waals surface area contributed by atoms with Crippen molar-refractivity contribution < 1.29 is 0 Å². The van der Waals surface area contributed by atoms with Crippen LogP contribution in [0.2, 0.25) is 0 Å². The minimum Gasteiger partial charge on any atom is -0.366 e. The number of benzene rings is 1. The number of halogens is 1. The lowest BCUT2D eigenvalue weighted by Crippen LogP contribution is -2.40. The fourth-order valence-corrected chi connectivity index (χ4v) is 3.10. The van der Waals surface area contributed by atoms with Gasteiger partial charge in [-0.25, -0.2) is 0 Å². The van der Waals surface area contributed by atoms with Crippen LogP contribution < -0.4 is 4.90 Å². The van der Waals surface area contributed by atoms with Gasteiger partial charge in [0.25, 0.3) is 0 Å². The summed E-state index contributed by atoms with van der Waals surface area (Å²) in [5.74, 6) is 0. The number of nitriles is 1. The zero-order valence-corrected chi connectivity index (χ0v) is 13.2. The van der Waals surface area contributed by atoms with Crippen LogP contribution in [-0.2, 0) is 0 Å². The van der Waals surface area contributed by atoms with Crippen LogP contribution in [0, 0.1) is 11.3 Å². The van der Waals surface area contributed by atoms with Gasteiger partial charge in [-0.05, 0) is 44.6 Å². The molecule has 1 saturated heterocycles. The predicted molar refractivity (Wildman–Crippen MR) is 82.4 cm³/mol. The van der Waals surface area contributed by atoms with E-state index in [0.717, 1.165) is 48.2 Å². The number of nitrogens with zero attached hydrogens (tertiary/aromatic N) is 3. The van der Waals surface area contributed by atoms with Crippen molar-refractivity contribution in [2.45, 2.75) is 25.8 Å². The molecule has 0 N–H and O–H groups in total. The van der Waals surface area contributed by atoms with E-state index in [2.05, 4.69) is 51.8 Å². The van der Waals surface area contributed by atoms with Crippen LogP contribution in [0.3, 0.4) is 0 Å². The molecule has 0 radical (unpaired) electrons. The molecule has 0 aliphatic carbocycles. The van der Waals surface area contributed by atoms with E-state index in [1.807, 2.05) is 12.1 Å². The highest BCUT2D eigenvalue weighted by Gasteiger charge is 2.24. The van der Waals surface area contributed by atoms with Gasteiger partial charge in [-0.15, -0.1) is 0 Å². The lowest BCUT2D eigenvalue weighted by atomic mass is 10.1. The van der Waals surface area contributed by atoms with Crippen LogP contribution in [0.15, 0.2) is 22.7 Å². The van der Waals surface area contributed by atoms with Gasteiger partial charge in [0.2, 0.25) is 0 Å². The Balaban J connectivity index is 2.37. The molecular weight excluding hydrogens is 302 g/mol. The summed E-state index contributed by atoms with van der Waals surface area (Å²) in [5, 5.41) is 9.32. The van der Waals surface area contributed by atoms with Crippen LogP contribution in [0.25, 0.3) is 0 Å². The first-order valence-electron chi connectivity index (χ1n) is 6.80. The summed E-state index contributed by atoms with van der Waals surface area (Å²) in [4.78, 5) is 4.80. The SMILES string of the molecule is CCC1CN(C)CCCN1c1cc(Br)ccc1C#N. The smallest absolute Gasteiger partial charge is 0.101 e. The maximum Gasteiger partial charge on any atom is 0.101 e.